The third-order valence-electron chi connectivity index (χ3n) is 4.18. The highest BCUT2D eigenvalue weighted by Crippen LogP contribution is 2.19. The molecule has 23 heavy (non-hydrogen) atoms. The van der Waals surface area contributed by atoms with Crippen LogP contribution in [0.5, 0.6) is 0 Å². The number of halogens is 1. The summed E-state index contributed by atoms with van der Waals surface area (Å²) in [5, 5.41) is 5.95. The fourth-order valence-corrected chi connectivity index (χ4v) is 2.81. The van der Waals surface area contributed by atoms with Crippen molar-refractivity contribution in [3.05, 3.63) is 35.4 Å². The van der Waals surface area contributed by atoms with E-state index in [9.17, 15) is 9.59 Å². The van der Waals surface area contributed by atoms with Crippen LogP contribution in [0.15, 0.2) is 24.3 Å². The quantitative estimate of drug-likeness (QED) is 0.861. The Labute approximate surface area is 144 Å². The number of benzene rings is 1. The molecule has 0 spiro atoms. The lowest BCUT2D eigenvalue weighted by atomic mass is 9.96. The molecule has 1 aliphatic heterocycles. The van der Waals surface area contributed by atoms with Crippen LogP contribution in [0.25, 0.3) is 0 Å². The van der Waals surface area contributed by atoms with Crippen LogP contribution in [-0.2, 0) is 0 Å². The highest BCUT2D eigenvalue weighted by atomic mass is 35.5. The van der Waals surface area contributed by atoms with Gasteiger partial charge in [-0.3, -0.25) is 9.59 Å². The molecule has 0 aromatic heterocycles. The molecule has 0 saturated carbocycles. The average molecular weight is 340 g/mol. The standard InChI is InChI=1S/C17H25N3O2.ClH/c1-3-19-12-13-7-9-20(10-8-13)17(22)15-6-4-5-14(11-15)16(21)18-2;/h4-6,11,13,19H,3,7-10,12H2,1-2H3,(H,18,21);1H. The lowest BCUT2D eigenvalue weighted by Gasteiger charge is -2.32. The Morgan fingerprint density at radius 2 is 1.87 bits per heavy atom. The van der Waals surface area contributed by atoms with Gasteiger partial charge < -0.3 is 15.5 Å². The number of nitrogens with one attached hydrogen (secondary N) is 2. The van der Waals surface area contributed by atoms with Crippen LogP contribution < -0.4 is 10.6 Å². The van der Waals surface area contributed by atoms with Gasteiger partial charge in [0.1, 0.15) is 0 Å². The summed E-state index contributed by atoms with van der Waals surface area (Å²) in [6, 6.07) is 6.93. The summed E-state index contributed by atoms with van der Waals surface area (Å²) in [5.41, 5.74) is 1.11. The number of piperidine rings is 1. The molecule has 1 aromatic carbocycles. The maximum absolute atomic E-state index is 12.6. The molecule has 0 bridgehead atoms. The van der Waals surface area contributed by atoms with Gasteiger partial charge in [-0.2, -0.15) is 0 Å². The molecule has 1 saturated heterocycles. The molecular weight excluding hydrogens is 314 g/mol. The summed E-state index contributed by atoms with van der Waals surface area (Å²) in [4.78, 5) is 26.1. The second-order valence-electron chi connectivity index (χ2n) is 5.70. The van der Waals surface area contributed by atoms with Crippen molar-refractivity contribution in [1.82, 2.24) is 15.5 Å². The van der Waals surface area contributed by atoms with Crippen molar-refractivity contribution in [2.45, 2.75) is 19.8 Å². The molecule has 0 aliphatic carbocycles. The molecule has 6 heteroatoms. The number of amides is 2. The zero-order valence-electron chi connectivity index (χ0n) is 13.8. The molecule has 2 N–H and O–H groups in total. The zero-order valence-corrected chi connectivity index (χ0v) is 14.6. The van der Waals surface area contributed by atoms with Gasteiger partial charge in [0.25, 0.3) is 11.8 Å². The lowest BCUT2D eigenvalue weighted by Crippen LogP contribution is -2.40. The molecule has 0 radical (unpaired) electrons. The Bertz CT molecular complexity index is 528. The predicted molar refractivity (Wildman–Crippen MR) is 94.3 cm³/mol. The normalized spacial score (nSPS) is 15.0. The van der Waals surface area contributed by atoms with Crippen molar-refractivity contribution in [3.63, 3.8) is 0 Å². The summed E-state index contributed by atoms with van der Waals surface area (Å²) in [7, 11) is 1.59. The summed E-state index contributed by atoms with van der Waals surface area (Å²) in [6.07, 6.45) is 2.07. The molecule has 2 amide bonds. The summed E-state index contributed by atoms with van der Waals surface area (Å²) in [6.45, 7) is 5.71. The number of carbonyl (C=O) groups excluding carboxylic acids is 2. The van der Waals surface area contributed by atoms with E-state index in [1.165, 1.54) is 0 Å². The lowest BCUT2D eigenvalue weighted by molar-refractivity contribution is 0.0690. The van der Waals surface area contributed by atoms with Crippen molar-refractivity contribution in [2.24, 2.45) is 5.92 Å². The highest BCUT2D eigenvalue weighted by molar-refractivity contribution is 5.99. The smallest absolute Gasteiger partial charge is 0.253 e. The van der Waals surface area contributed by atoms with E-state index in [1.807, 2.05) is 4.90 Å². The fraction of sp³-hybridized carbons (Fsp3) is 0.529. The Kier molecular flexibility index (Phi) is 8.06. The summed E-state index contributed by atoms with van der Waals surface area (Å²) < 4.78 is 0. The van der Waals surface area contributed by atoms with Gasteiger partial charge in [0.15, 0.2) is 0 Å². The van der Waals surface area contributed by atoms with Crippen molar-refractivity contribution < 1.29 is 9.59 Å². The Balaban J connectivity index is 0.00000264. The Hall–Kier alpha value is -1.59. The summed E-state index contributed by atoms with van der Waals surface area (Å²) >= 11 is 0. The molecule has 0 unspecified atom stereocenters. The molecule has 0 atom stereocenters. The number of nitrogens with zero attached hydrogens (tertiary/aromatic N) is 1. The van der Waals surface area contributed by atoms with E-state index in [4.69, 9.17) is 0 Å². The summed E-state index contributed by atoms with van der Waals surface area (Å²) in [5.74, 6) is 0.507. The number of hydrogen-bond donors (Lipinski definition) is 2. The highest BCUT2D eigenvalue weighted by Gasteiger charge is 2.23. The van der Waals surface area contributed by atoms with E-state index in [0.29, 0.717) is 17.0 Å². The van der Waals surface area contributed by atoms with Crippen LogP contribution in [0.3, 0.4) is 0 Å². The second kappa shape index (κ2) is 9.53. The minimum atomic E-state index is -0.168. The van der Waals surface area contributed by atoms with Gasteiger partial charge in [0.05, 0.1) is 0 Å². The Morgan fingerprint density at radius 1 is 1.22 bits per heavy atom. The topological polar surface area (TPSA) is 61.4 Å². The minimum absolute atomic E-state index is 0. The van der Waals surface area contributed by atoms with Crippen molar-refractivity contribution >= 4 is 24.2 Å². The zero-order chi connectivity index (χ0) is 15.9. The van der Waals surface area contributed by atoms with Crippen molar-refractivity contribution in [2.75, 3.05) is 33.2 Å². The van der Waals surface area contributed by atoms with Crippen LogP contribution in [-0.4, -0.2) is 49.9 Å². The van der Waals surface area contributed by atoms with E-state index >= 15 is 0 Å². The van der Waals surface area contributed by atoms with Gasteiger partial charge in [-0.1, -0.05) is 13.0 Å². The SMILES string of the molecule is CCNCC1CCN(C(=O)c2cccc(C(=O)NC)c2)CC1.Cl. The van der Waals surface area contributed by atoms with Crippen LogP contribution in [0.1, 0.15) is 40.5 Å². The van der Waals surface area contributed by atoms with Gasteiger partial charge in [0.2, 0.25) is 0 Å². The second-order valence-corrected chi connectivity index (χ2v) is 5.70. The maximum atomic E-state index is 12.6. The molecule has 2 rings (SSSR count). The number of hydrogen-bond acceptors (Lipinski definition) is 3. The van der Waals surface area contributed by atoms with Crippen molar-refractivity contribution in [1.29, 1.82) is 0 Å². The molecule has 1 aliphatic rings. The monoisotopic (exact) mass is 339 g/mol. The largest absolute Gasteiger partial charge is 0.355 e. The van der Waals surface area contributed by atoms with Gasteiger partial charge >= 0.3 is 0 Å². The van der Waals surface area contributed by atoms with Crippen LogP contribution in [0.2, 0.25) is 0 Å². The van der Waals surface area contributed by atoms with E-state index in [1.54, 1.807) is 31.3 Å². The van der Waals surface area contributed by atoms with E-state index in [-0.39, 0.29) is 24.2 Å². The number of carbonyl (C=O) groups is 2. The van der Waals surface area contributed by atoms with E-state index in [2.05, 4.69) is 17.6 Å². The number of rotatable bonds is 5. The molecule has 1 heterocycles. The van der Waals surface area contributed by atoms with Gasteiger partial charge in [-0.25, -0.2) is 0 Å². The van der Waals surface area contributed by atoms with Gasteiger partial charge in [-0.05, 0) is 50.0 Å². The average Bonchev–Trinajstić information content (AvgIpc) is 2.59. The van der Waals surface area contributed by atoms with Crippen LogP contribution >= 0.6 is 12.4 Å². The fourth-order valence-electron chi connectivity index (χ4n) is 2.81. The minimum Gasteiger partial charge on any atom is -0.355 e. The number of likely N-dealkylation sites (tertiary alicyclic amines) is 1. The first kappa shape index (κ1) is 19.5. The van der Waals surface area contributed by atoms with E-state index < -0.39 is 0 Å². The van der Waals surface area contributed by atoms with Gasteiger partial charge in [-0.15, -0.1) is 12.4 Å². The van der Waals surface area contributed by atoms with Crippen LogP contribution in [0.4, 0.5) is 0 Å². The molecular formula is C17H26ClN3O2. The van der Waals surface area contributed by atoms with Gasteiger partial charge in [0, 0.05) is 31.3 Å². The molecule has 5 nitrogen and oxygen atoms in total. The third kappa shape index (κ3) is 5.22. The molecule has 1 aromatic rings. The van der Waals surface area contributed by atoms with E-state index in [0.717, 1.165) is 39.0 Å². The third-order valence-corrected chi connectivity index (χ3v) is 4.18. The first-order chi connectivity index (χ1) is 10.7. The maximum Gasteiger partial charge on any atom is 0.253 e. The molecule has 1 fully saturated rings. The van der Waals surface area contributed by atoms with Crippen LogP contribution in [0, 0.1) is 5.92 Å². The van der Waals surface area contributed by atoms with Crippen molar-refractivity contribution in [3.8, 4) is 0 Å². The Morgan fingerprint density at radius 3 is 2.48 bits per heavy atom. The first-order valence-corrected chi connectivity index (χ1v) is 7.97. The first-order valence-electron chi connectivity index (χ1n) is 7.97. The predicted octanol–water partition coefficient (Wildman–Crippen LogP) is 1.93. The molecule has 128 valence electrons.